The van der Waals surface area contributed by atoms with Gasteiger partial charge in [-0.05, 0) is 24.9 Å². The fourth-order valence-corrected chi connectivity index (χ4v) is 3.57. The quantitative estimate of drug-likeness (QED) is 0.703. The molecule has 104 valence electrons. The van der Waals surface area contributed by atoms with Crippen LogP contribution in [0.2, 0.25) is 0 Å². The lowest BCUT2D eigenvalue weighted by molar-refractivity contribution is 0.147. The van der Waals surface area contributed by atoms with E-state index in [-0.39, 0.29) is 16.5 Å². The van der Waals surface area contributed by atoms with Crippen LogP contribution in [0.5, 0.6) is 0 Å². The highest BCUT2D eigenvalue weighted by molar-refractivity contribution is 7.91. The molecule has 1 heterocycles. The maximum absolute atomic E-state index is 11.9. The van der Waals surface area contributed by atoms with E-state index in [9.17, 15) is 8.42 Å². The molecule has 0 unspecified atom stereocenters. The Hall–Kier alpha value is -0.860. The first kappa shape index (κ1) is 15.2. The summed E-state index contributed by atoms with van der Waals surface area (Å²) in [5.74, 6) is 0.0950. The molecule has 0 atom stereocenters. The standard InChI is InChI=1S/C10H19N3O3S2/c1-3-16-7-5-6-12-10-8(9(11)13-17-10)18(14,15)4-2/h12H,3-7H2,1-2H3,(H2,11,13). The monoisotopic (exact) mass is 293 g/mol. The first-order valence-electron chi connectivity index (χ1n) is 5.82. The lowest BCUT2D eigenvalue weighted by Crippen LogP contribution is -2.11. The molecule has 1 rings (SSSR count). The number of nitrogens with one attached hydrogen (secondary N) is 1. The van der Waals surface area contributed by atoms with Crippen LogP contribution < -0.4 is 11.1 Å². The first-order chi connectivity index (χ1) is 8.53. The number of rotatable bonds is 8. The van der Waals surface area contributed by atoms with Gasteiger partial charge in [-0.1, -0.05) is 6.92 Å². The number of nitrogens with two attached hydrogens (primary N) is 1. The van der Waals surface area contributed by atoms with E-state index in [1.54, 1.807) is 6.92 Å². The second-order valence-electron chi connectivity index (χ2n) is 3.61. The van der Waals surface area contributed by atoms with Crippen molar-refractivity contribution in [3.05, 3.63) is 0 Å². The van der Waals surface area contributed by atoms with Crippen molar-refractivity contribution in [3.8, 4) is 0 Å². The van der Waals surface area contributed by atoms with E-state index < -0.39 is 9.84 Å². The van der Waals surface area contributed by atoms with Crippen molar-refractivity contribution in [1.29, 1.82) is 0 Å². The second kappa shape index (κ2) is 6.91. The van der Waals surface area contributed by atoms with Gasteiger partial charge < -0.3 is 15.8 Å². The molecule has 0 fully saturated rings. The normalized spacial score (nSPS) is 11.7. The molecular formula is C10H19N3O3S2. The molecule has 0 bridgehead atoms. The summed E-state index contributed by atoms with van der Waals surface area (Å²) >= 11 is 1.08. The van der Waals surface area contributed by atoms with E-state index >= 15 is 0 Å². The van der Waals surface area contributed by atoms with Crippen molar-refractivity contribution >= 4 is 32.2 Å². The van der Waals surface area contributed by atoms with E-state index in [0.29, 0.717) is 24.8 Å². The van der Waals surface area contributed by atoms with Crippen LogP contribution in [0.3, 0.4) is 0 Å². The van der Waals surface area contributed by atoms with Crippen molar-refractivity contribution in [2.24, 2.45) is 0 Å². The zero-order valence-electron chi connectivity index (χ0n) is 10.6. The second-order valence-corrected chi connectivity index (χ2v) is 6.60. The summed E-state index contributed by atoms with van der Waals surface area (Å²) < 4.78 is 32.8. The lowest BCUT2D eigenvalue weighted by atomic mass is 10.4. The molecule has 3 N–H and O–H groups in total. The third-order valence-electron chi connectivity index (χ3n) is 2.32. The summed E-state index contributed by atoms with van der Waals surface area (Å²) in [6.45, 7) is 5.49. The molecule has 0 spiro atoms. The van der Waals surface area contributed by atoms with Crippen molar-refractivity contribution in [2.45, 2.75) is 25.2 Å². The number of aromatic nitrogens is 1. The molecular weight excluding hydrogens is 274 g/mol. The molecule has 0 aliphatic rings. The Balaban J connectivity index is 2.67. The molecule has 0 radical (unpaired) electrons. The average molecular weight is 293 g/mol. The molecule has 1 aromatic heterocycles. The number of sulfone groups is 1. The fourth-order valence-electron chi connectivity index (χ4n) is 1.37. The summed E-state index contributed by atoms with van der Waals surface area (Å²) in [4.78, 5) is 0.131. The van der Waals surface area contributed by atoms with Gasteiger partial charge in [0, 0.05) is 19.8 Å². The minimum atomic E-state index is -3.33. The zero-order valence-corrected chi connectivity index (χ0v) is 12.2. The molecule has 0 aromatic carbocycles. The molecule has 8 heteroatoms. The van der Waals surface area contributed by atoms with Crippen LogP contribution in [-0.2, 0) is 14.6 Å². The number of nitrogen functional groups attached to an aromatic ring is 1. The highest BCUT2D eigenvalue weighted by atomic mass is 32.2. The van der Waals surface area contributed by atoms with Gasteiger partial charge in [0.05, 0.1) is 5.75 Å². The number of hydrogen-bond donors (Lipinski definition) is 2. The SMILES string of the molecule is CCOCCCNc1snc(N)c1S(=O)(=O)CC. The fraction of sp³-hybridized carbons (Fsp3) is 0.700. The summed E-state index contributed by atoms with van der Waals surface area (Å²) in [5, 5.41) is 3.57. The minimum absolute atomic E-state index is 0.0171. The van der Waals surface area contributed by atoms with Crippen molar-refractivity contribution in [1.82, 2.24) is 4.37 Å². The van der Waals surface area contributed by atoms with Gasteiger partial charge in [0.2, 0.25) is 0 Å². The largest absolute Gasteiger partial charge is 0.382 e. The van der Waals surface area contributed by atoms with Crippen LogP contribution >= 0.6 is 11.5 Å². The van der Waals surface area contributed by atoms with Crippen LogP contribution in [0.1, 0.15) is 20.3 Å². The van der Waals surface area contributed by atoms with Crippen molar-refractivity contribution in [2.75, 3.05) is 36.6 Å². The molecule has 0 saturated heterocycles. The summed E-state index contributed by atoms with van der Waals surface area (Å²) in [6.07, 6.45) is 0.803. The van der Waals surface area contributed by atoms with Gasteiger partial charge in [-0.2, -0.15) is 4.37 Å². The van der Waals surface area contributed by atoms with E-state index in [1.807, 2.05) is 6.92 Å². The Kier molecular flexibility index (Phi) is 5.83. The Morgan fingerprint density at radius 3 is 2.78 bits per heavy atom. The molecule has 0 aliphatic heterocycles. The molecule has 0 saturated carbocycles. The van der Waals surface area contributed by atoms with E-state index in [1.165, 1.54) is 0 Å². The van der Waals surface area contributed by atoms with Gasteiger partial charge in [-0.25, -0.2) is 8.42 Å². The van der Waals surface area contributed by atoms with Gasteiger partial charge in [0.15, 0.2) is 15.7 Å². The average Bonchev–Trinajstić information content (AvgIpc) is 2.71. The smallest absolute Gasteiger partial charge is 0.184 e. The highest BCUT2D eigenvalue weighted by Gasteiger charge is 2.23. The van der Waals surface area contributed by atoms with Crippen LogP contribution in [0.15, 0.2) is 4.90 Å². The van der Waals surface area contributed by atoms with Crippen LogP contribution in [0, 0.1) is 0 Å². The molecule has 18 heavy (non-hydrogen) atoms. The third kappa shape index (κ3) is 3.82. The predicted octanol–water partition coefficient (Wildman–Crippen LogP) is 1.36. The Bertz CT molecular complexity index is 471. The van der Waals surface area contributed by atoms with E-state index in [4.69, 9.17) is 10.5 Å². The van der Waals surface area contributed by atoms with Crippen LogP contribution in [0.4, 0.5) is 10.8 Å². The number of nitrogens with zero attached hydrogens (tertiary/aromatic N) is 1. The Labute approximate surface area is 112 Å². The maximum atomic E-state index is 11.9. The molecule has 0 aliphatic carbocycles. The van der Waals surface area contributed by atoms with Gasteiger partial charge in [0.1, 0.15) is 9.90 Å². The maximum Gasteiger partial charge on any atom is 0.184 e. The van der Waals surface area contributed by atoms with Crippen LogP contribution in [0.25, 0.3) is 0 Å². The minimum Gasteiger partial charge on any atom is -0.382 e. The highest BCUT2D eigenvalue weighted by Crippen LogP contribution is 2.32. The zero-order chi connectivity index (χ0) is 13.6. The third-order valence-corrected chi connectivity index (χ3v) is 5.06. The molecule has 0 amide bonds. The summed E-state index contributed by atoms with van der Waals surface area (Å²) in [6, 6.07) is 0. The number of hydrogen-bond acceptors (Lipinski definition) is 7. The van der Waals surface area contributed by atoms with Gasteiger partial charge in [-0.15, -0.1) is 0 Å². The Morgan fingerprint density at radius 2 is 2.17 bits per heavy atom. The lowest BCUT2D eigenvalue weighted by Gasteiger charge is -2.07. The summed E-state index contributed by atoms with van der Waals surface area (Å²) in [7, 11) is -3.33. The molecule has 1 aromatic rings. The van der Waals surface area contributed by atoms with Gasteiger partial charge in [-0.3, -0.25) is 0 Å². The number of ether oxygens (including phenoxy) is 1. The van der Waals surface area contributed by atoms with Gasteiger partial charge >= 0.3 is 0 Å². The van der Waals surface area contributed by atoms with Crippen molar-refractivity contribution < 1.29 is 13.2 Å². The van der Waals surface area contributed by atoms with E-state index in [2.05, 4.69) is 9.69 Å². The predicted molar refractivity (Wildman–Crippen MR) is 73.9 cm³/mol. The van der Waals surface area contributed by atoms with Crippen LogP contribution in [-0.4, -0.2) is 38.3 Å². The topological polar surface area (TPSA) is 94.3 Å². The van der Waals surface area contributed by atoms with Crippen molar-refractivity contribution in [3.63, 3.8) is 0 Å². The first-order valence-corrected chi connectivity index (χ1v) is 8.25. The molecule has 6 nitrogen and oxygen atoms in total. The Morgan fingerprint density at radius 1 is 1.44 bits per heavy atom. The summed E-state index contributed by atoms with van der Waals surface area (Å²) in [5.41, 5.74) is 5.61. The van der Waals surface area contributed by atoms with E-state index in [0.717, 1.165) is 18.0 Å². The number of anilines is 2. The van der Waals surface area contributed by atoms with Gasteiger partial charge in [0.25, 0.3) is 0 Å².